The van der Waals surface area contributed by atoms with Crippen molar-refractivity contribution in [2.75, 3.05) is 21.2 Å². The number of aromatic nitrogens is 1. The molecule has 0 amide bonds. The zero-order valence-electron chi connectivity index (χ0n) is 14.8. The Balaban J connectivity index is 2.00. The summed E-state index contributed by atoms with van der Waals surface area (Å²) in [6.07, 6.45) is 0. The van der Waals surface area contributed by atoms with Gasteiger partial charge in [0.1, 0.15) is 5.82 Å². The summed E-state index contributed by atoms with van der Waals surface area (Å²) in [5.74, 6) is 1.06. The fraction of sp³-hybridized carbons (Fsp3) is 0.250. The van der Waals surface area contributed by atoms with Gasteiger partial charge < -0.3 is 14.7 Å². The number of halogens is 1. The third-order valence-electron chi connectivity index (χ3n) is 4.50. The number of rotatable bonds is 3. The summed E-state index contributed by atoms with van der Waals surface area (Å²) in [5, 5.41) is 11.6. The van der Waals surface area contributed by atoms with Gasteiger partial charge in [0.15, 0.2) is 11.5 Å². The van der Waals surface area contributed by atoms with Crippen LogP contribution in [0.3, 0.4) is 0 Å². The molecule has 2 heterocycles. The number of phenolic OH excluding ortho intramolecular Hbond substituents is 1. The normalized spacial score (nSPS) is 13.0. The molecule has 26 heavy (non-hydrogen) atoms. The predicted molar refractivity (Wildman–Crippen MR) is 102 cm³/mol. The number of methoxy groups -OCH3 is 1. The molecule has 0 unspecified atom stereocenters. The minimum absolute atomic E-state index is 0.116. The van der Waals surface area contributed by atoms with Crippen LogP contribution in [0.4, 0.5) is 4.39 Å². The van der Waals surface area contributed by atoms with Crippen LogP contribution in [0, 0.1) is 5.82 Å². The lowest BCUT2D eigenvalue weighted by Crippen LogP contribution is -2.12. The van der Waals surface area contributed by atoms with E-state index in [-0.39, 0.29) is 11.6 Å². The molecule has 1 aliphatic heterocycles. The highest BCUT2D eigenvalue weighted by molar-refractivity contribution is 7.98. The summed E-state index contributed by atoms with van der Waals surface area (Å²) < 4.78 is 18.9. The summed E-state index contributed by atoms with van der Waals surface area (Å²) in [4.78, 5) is 7.78. The first kappa shape index (κ1) is 17.1. The molecule has 4 rings (SSSR count). The van der Waals surface area contributed by atoms with Crippen LogP contribution in [0.2, 0.25) is 0 Å². The number of phenols is 1. The van der Waals surface area contributed by atoms with E-state index < -0.39 is 0 Å². The first-order chi connectivity index (χ1) is 12.5. The molecular formula is C20H19FN2O2S. The van der Waals surface area contributed by atoms with E-state index in [0.717, 1.165) is 43.9 Å². The third kappa shape index (κ3) is 2.79. The number of fused-ring (bicyclic) bond motifs is 4. The number of aromatic hydroxyl groups is 1. The van der Waals surface area contributed by atoms with E-state index in [1.165, 1.54) is 6.07 Å². The lowest BCUT2D eigenvalue weighted by Gasteiger charge is -2.21. The second kappa shape index (κ2) is 6.45. The molecule has 0 fully saturated rings. The molecule has 0 aliphatic carbocycles. The Morgan fingerprint density at radius 1 is 1.27 bits per heavy atom. The Labute approximate surface area is 155 Å². The maximum absolute atomic E-state index is 13.6. The van der Waals surface area contributed by atoms with Crippen LogP contribution in [-0.2, 0) is 12.3 Å². The first-order valence-corrected chi connectivity index (χ1v) is 9.26. The van der Waals surface area contributed by atoms with Crippen molar-refractivity contribution < 1.29 is 14.2 Å². The number of ether oxygens (including phenoxy) is 1. The standard InChI is InChI=1S/C20H19FN2O2S/c1-23(2)9-15-18-11(7-16(25-3)20(15)24)6-12-10-26-17-8-13(21)4-5-14(17)19(12)22-18/h4-8,24H,9-10H2,1-3H3. The molecule has 3 aromatic rings. The minimum Gasteiger partial charge on any atom is -0.504 e. The molecule has 0 atom stereocenters. The Kier molecular flexibility index (Phi) is 4.25. The highest BCUT2D eigenvalue weighted by atomic mass is 32.2. The molecule has 0 saturated heterocycles. The number of pyridine rings is 1. The first-order valence-electron chi connectivity index (χ1n) is 8.28. The summed E-state index contributed by atoms with van der Waals surface area (Å²) in [5.41, 5.74) is 4.37. The number of hydrogen-bond acceptors (Lipinski definition) is 5. The summed E-state index contributed by atoms with van der Waals surface area (Å²) in [6.45, 7) is 0.538. The van der Waals surface area contributed by atoms with E-state index in [2.05, 4.69) is 6.07 Å². The van der Waals surface area contributed by atoms with Gasteiger partial charge in [-0.3, -0.25) is 0 Å². The van der Waals surface area contributed by atoms with Gasteiger partial charge in [0.2, 0.25) is 0 Å². The molecule has 2 aromatic carbocycles. The number of nitrogens with zero attached hydrogens (tertiary/aromatic N) is 2. The highest BCUT2D eigenvalue weighted by Crippen LogP contribution is 2.44. The van der Waals surface area contributed by atoms with E-state index in [4.69, 9.17) is 9.72 Å². The maximum Gasteiger partial charge on any atom is 0.164 e. The average Bonchev–Trinajstić information content (AvgIpc) is 2.62. The van der Waals surface area contributed by atoms with Gasteiger partial charge in [-0.15, -0.1) is 11.8 Å². The molecule has 4 nitrogen and oxygen atoms in total. The zero-order chi connectivity index (χ0) is 18.4. The number of benzene rings is 2. The molecule has 134 valence electrons. The average molecular weight is 370 g/mol. The SMILES string of the molecule is COc1cc2cc3c(nc2c(CN(C)C)c1O)-c1ccc(F)cc1SC3. The van der Waals surface area contributed by atoms with Crippen molar-refractivity contribution in [3.63, 3.8) is 0 Å². The Morgan fingerprint density at radius 2 is 2.08 bits per heavy atom. The van der Waals surface area contributed by atoms with Gasteiger partial charge in [0, 0.05) is 33.7 Å². The summed E-state index contributed by atoms with van der Waals surface area (Å²) in [7, 11) is 5.43. The van der Waals surface area contributed by atoms with Gasteiger partial charge in [-0.05, 0) is 50.0 Å². The molecule has 0 saturated carbocycles. The van der Waals surface area contributed by atoms with Gasteiger partial charge in [0.05, 0.1) is 18.3 Å². The maximum atomic E-state index is 13.6. The van der Waals surface area contributed by atoms with Crippen molar-refractivity contribution in [2.45, 2.75) is 17.2 Å². The van der Waals surface area contributed by atoms with E-state index in [1.807, 2.05) is 25.1 Å². The zero-order valence-corrected chi connectivity index (χ0v) is 15.7. The molecule has 0 bridgehead atoms. The Bertz CT molecular complexity index is 1020. The van der Waals surface area contributed by atoms with E-state index in [0.29, 0.717) is 12.3 Å². The van der Waals surface area contributed by atoms with E-state index >= 15 is 0 Å². The van der Waals surface area contributed by atoms with E-state index in [9.17, 15) is 9.50 Å². The molecule has 1 aliphatic rings. The predicted octanol–water partition coefficient (Wildman–Crippen LogP) is 4.42. The fourth-order valence-corrected chi connectivity index (χ4v) is 4.37. The Morgan fingerprint density at radius 3 is 2.81 bits per heavy atom. The quantitative estimate of drug-likeness (QED) is 0.739. The molecule has 0 radical (unpaired) electrons. The van der Waals surface area contributed by atoms with Crippen molar-refractivity contribution >= 4 is 22.7 Å². The molecule has 1 aromatic heterocycles. The van der Waals surface area contributed by atoms with Gasteiger partial charge >= 0.3 is 0 Å². The third-order valence-corrected chi connectivity index (χ3v) is 5.60. The van der Waals surface area contributed by atoms with Crippen molar-refractivity contribution in [3.05, 3.63) is 47.3 Å². The number of thioether (sulfide) groups is 1. The summed E-state index contributed by atoms with van der Waals surface area (Å²) >= 11 is 1.61. The van der Waals surface area contributed by atoms with Gasteiger partial charge in [-0.25, -0.2) is 9.37 Å². The van der Waals surface area contributed by atoms with Crippen LogP contribution in [0.15, 0.2) is 35.2 Å². The molecule has 6 heteroatoms. The van der Waals surface area contributed by atoms with Crippen LogP contribution >= 0.6 is 11.8 Å². The highest BCUT2D eigenvalue weighted by Gasteiger charge is 2.22. The minimum atomic E-state index is -0.240. The topological polar surface area (TPSA) is 45.6 Å². The lowest BCUT2D eigenvalue weighted by atomic mass is 10.0. The number of hydrogen-bond donors (Lipinski definition) is 1. The van der Waals surface area contributed by atoms with Crippen LogP contribution in [0.5, 0.6) is 11.5 Å². The largest absolute Gasteiger partial charge is 0.504 e. The van der Waals surface area contributed by atoms with Crippen LogP contribution in [0.25, 0.3) is 22.2 Å². The van der Waals surface area contributed by atoms with Gasteiger partial charge in [0.25, 0.3) is 0 Å². The van der Waals surface area contributed by atoms with Crippen molar-refractivity contribution in [1.82, 2.24) is 9.88 Å². The van der Waals surface area contributed by atoms with Gasteiger partial charge in [-0.2, -0.15) is 0 Å². The monoisotopic (exact) mass is 370 g/mol. The van der Waals surface area contributed by atoms with Crippen LogP contribution in [0.1, 0.15) is 11.1 Å². The van der Waals surface area contributed by atoms with Crippen LogP contribution in [-0.4, -0.2) is 36.2 Å². The molecular weight excluding hydrogens is 351 g/mol. The fourth-order valence-electron chi connectivity index (χ4n) is 3.33. The smallest absolute Gasteiger partial charge is 0.164 e. The van der Waals surface area contributed by atoms with Crippen molar-refractivity contribution in [3.8, 4) is 22.8 Å². The summed E-state index contributed by atoms with van der Waals surface area (Å²) in [6, 6.07) is 8.72. The molecule has 0 spiro atoms. The van der Waals surface area contributed by atoms with Crippen molar-refractivity contribution in [2.24, 2.45) is 0 Å². The lowest BCUT2D eigenvalue weighted by molar-refractivity contribution is 0.356. The van der Waals surface area contributed by atoms with Crippen LogP contribution < -0.4 is 4.74 Å². The Hall–Kier alpha value is -2.31. The van der Waals surface area contributed by atoms with Crippen molar-refractivity contribution in [1.29, 1.82) is 0 Å². The molecule has 1 N–H and O–H groups in total. The second-order valence-electron chi connectivity index (χ2n) is 6.64. The second-order valence-corrected chi connectivity index (χ2v) is 7.66. The van der Waals surface area contributed by atoms with E-state index in [1.54, 1.807) is 31.0 Å². The van der Waals surface area contributed by atoms with Gasteiger partial charge in [-0.1, -0.05) is 0 Å².